The van der Waals surface area contributed by atoms with E-state index in [0.29, 0.717) is 0 Å². The van der Waals surface area contributed by atoms with Crippen molar-refractivity contribution in [2.45, 2.75) is 11.8 Å². The van der Waals surface area contributed by atoms with E-state index in [-0.39, 0.29) is 45.0 Å². The molecule has 0 heterocycles. The average molecular weight is 288 g/mol. The van der Waals surface area contributed by atoms with Gasteiger partial charge < -0.3 is 12.1 Å². The predicted molar refractivity (Wildman–Crippen MR) is 54.1 cm³/mol. The second kappa shape index (κ2) is 6.67. The molecule has 0 aliphatic carbocycles. The summed E-state index contributed by atoms with van der Waals surface area (Å²) < 4.78 is 25.6. The average Bonchev–Trinajstić information content (AvgIpc) is 2.05. The van der Waals surface area contributed by atoms with Crippen LogP contribution in [0.5, 0.6) is 0 Å². The molecular formula is C9H13NO2SY-2. The van der Waals surface area contributed by atoms with Crippen molar-refractivity contribution in [1.29, 1.82) is 0 Å². The van der Waals surface area contributed by atoms with Gasteiger partial charge in [0.05, 0.1) is 0 Å². The molecule has 5 heteroatoms. The second-order valence-corrected chi connectivity index (χ2v) is 4.26. The van der Waals surface area contributed by atoms with E-state index in [2.05, 4.69) is 4.72 Å². The first-order valence-corrected chi connectivity index (χ1v) is 4.93. The number of sulfonamides is 1. The first-order valence-electron chi connectivity index (χ1n) is 3.49. The summed E-state index contributed by atoms with van der Waals surface area (Å²) in [6.07, 6.45) is 0. The van der Waals surface area contributed by atoms with Crippen LogP contribution in [0, 0.1) is 14.4 Å². The smallest absolute Gasteiger partial charge is 0.101 e. The maximum Gasteiger partial charge on any atom is 0.101 e. The van der Waals surface area contributed by atoms with E-state index < -0.39 is 10.0 Å². The van der Waals surface area contributed by atoms with Crippen LogP contribution in [-0.4, -0.2) is 15.5 Å². The molecule has 0 saturated carbocycles. The molecule has 0 unspecified atom stereocenters. The van der Waals surface area contributed by atoms with Gasteiger partial charge in [0.15, 0.2) is 0 Å². The van der Waals surface area contributed by atoms with Crippen LogP contribution >= 0.6 is 0 Å². The van der Waals surface area contributed by atoms with E-state index in [4.69, 9.17) is 0 Å². The molecule has 0 N–H and O–H groups in total. The normalized spacial score (nSPS) is 9.86. The summed E-state index contributed by atoms with van der Waals surface area (Å²) >= 11 is 0. The third-order valence-corrected chi connectivity index (χ3v) is 2.91. The molecule has 1 aromatic rings. The number of hydrogen-bond donors (Lipinski definition) is 0. The largest absolute Gasteiger partial charge is 0.547 e. The third kappa shape index (κ3) is 4.17. The number of hydrogen-bond acceptors (Lipinski definition) is 2. The summed E-state index contributed by atoms with van der Waals surface area (Å²) in [5, 5.41) is 0. The fourth-order valence-corrected chi connectivity index (χ4v) is 1.51. The van der Waals surface area contributed by atoms with Crippen molar-refractivity contribution < 1.29 is 41.1 Å². The number of benzene rings is 1. The maximum atomic E-state index is 11.1. The Hall–Kier alpha value is 0.234. The van der Waals surface area contributed by atoms with Crippen molar-refractivity contribution >= 4 is 10.0 Å². The zero-order valence-electron chi connectivity index (χ0n) is 8.56. The number of nitrogens with zero attached hydrogens (tertiary/aromatic N) is 1. The molecule has 77 valence electrons. The summed E-state index contributed by atoms with van der Waals surface area (Å²) in [7, 11) is -2.12. The second-order valence-electron chi connectivity index (χ2n) is 2.47. The minimum Gasteiger partial charge on any atom is -0.547 e. The summed E-state index contributed by atoms with van der Waals surface area (Å²) in [4.78, 5) is 0.246. The Morgan fingerprint density at radius 1 is 1.14 bits per heavy atom. The van der Waals surface area contributed by atoms with Gasteiger partial charge in [-0.15, -0.1) is 0 Å². The van der Waals surface area contributed by atoms with Crippen molar-refractivity contribution in [3.63, 3.8) is 0 Å². The molecule has 3 nitrogen and oxygen atoms in total. The van der Waals surface area contributed by atoms with Crippen LogP contribution < -0.4 is 0 Å². The van der Waals surface area contributed by atoms with Crippen molar-refractivity contribution in [3.8, 4) is 0 Å². The summed E-state index contributed by atoms with van der Waals surface area (Å²) in [5.41, 5.74) is 1.03. The molecule has 1 aromatic carbocycles. The van der Waals surface area contributed by atoms with Gasteiger partial charge in [0, 0.05) is 37.6 Å². The number of rotatable bonds is 2. The van der Waals surface area contributed by atoms with Gasteiger partial charge in [0.2, 0.25) is 0 Å². The Labute approximate surface area is 111 Å². The van der Waals surface area contributed by atoms with Gasteiger partial charge in [-0.1, -0.05) is 17.7 Å². The van der Waals surface area contributed by atoms with Gasteiger partial charge in [-0.3, -0.25) is 0 Å². The fourth-order valence-electron chi connectivity index (χ4n) is 0.816. The van der Waals surface area contributed by atoms with E-state index >= 15 is 0 Å². The molecule has 0 bridgehead atoms. The molecule has 0 saturated heterocycles. The molecule has 0 aromatic heterocycles. The predicted octanol–water partition coefficient (Wildman–Crippen LogP) is 2.14. The van der Waals surface area contributed by atoms with Crippen LogP contribution in [0.15, 0.2) is 29.2 Å². The summed E-state index contributed by atoms with van der Waals surface area (Å²) in [6, 6.07) is 6.60. The van der Waals surface area contributed by atoms with Crippen LogP contribution in [0.4, 0.5) is 0 Å². The molecule has 14 heavy (non-hydrogen) atoms. The SMILES string of the molecule is C[N-]S(=O)(=O)c1ccc(C)cc1.[CH3-].[Y]. The molecule has 0 amide bonds. The first-order chi connectivity index (χ1) is 5.56. The van der Waals surface area contributed by atoms with Crippen molar-refractivity contribution in [3.05, 3.63) is 42.0 Å². The quantitative estimate of drug-likeness (QED) is 0.783. The van der Waals surface area contributed by atoms with Gasteiger partial charge in [-0.2, -0.15) is 7.05 Å². The Kier molecular flexibility index (Phi) is 7.93. The van der Waals surface area contributed by atoms with Crippen molar-refractivity contribution in [2.24, 2.45) is 0 Å². The molecule has 0 atom stereocenters. The van der Waals surface area contributed by atoms with Crippen molar-refractivity contribution in [1.82, 2.24) is 0 Å². The topological polar surface area (TPSA) is 48.2 Å². The standard InChI is InChI=1S/C8H10NO2S.CH3.Y/c1-7-3-5-8(6-4-7)12(10,11)9-2;;/h3-6H,1-2H3;1H3;/q2*-1;. The molecule has 0 aliphatic rings. The van der Waals surface area contributed by atoms with E-state index in [0.717, 1.165) is 5.56 Å². The maximum absolute atomic E-state index is 11.1. The Balaban J connectivity index is 0. The Morgan fingerprint density at radius 2 is 1.57 bits per heavy atom. The fraction of sp³-hybridized carbons (Fsp3) is 0.222. The number of aryl methyl sites for hydroxylation is 1. The van der Waals surface area contributed by atoms with Crippen LogP contribution in [-0.2, 0) is 42.7 Å². The summed E-state index contributed by atoms with van der Waals surface area (Å²) in [6.45, 7) is 1.90. The molecule has 0 fully saturated rings. The minimum absolute atomic E-state index is 0. The van der Waals surface area contributed by atoms with Crippen LogP contribution in [0.1, 0.15) is 5.56 Å². The summed E-state index contributed by atoms with van der Waals surface area (Å²) in [5.74, 6) is 0. The molecule has 1 rings (SSSR count). The zero-order valence-corrected chi connectivity index (χ0v) is 12.2. The van der Waals surface area contributed by atoms with Gasteiger partial charge in [-0.25, -0.2) is 8.42 Å². The van der Waals surface area contributed by atoms with E-state index in [1.807, 2.05) is 6.92 Å². The molecule has 0 aliphatic heterocycles. The van der Waals surface area contributed by atoms with Gasteiger partial charge in [-0.05, 0) is 19.1 Å². The van der Waals surface area contributed by atoms with Crippen molar-refractivity contribution in [2.75, 3.05) is 7.05 Å². The van der Waals surface area contributed by atoms with E-state index in [1.54, 1.807) is 24.3 Å². The molecular weight excluding hydrogens is 275 g/mol. The monoisotopic (exact) mass is 288 g/mol. The van der Waals surface area contributed by atoms with Gasteiger partial charge >= 0.3 is 0 Å². The Morgan fingerprint density at radius 3 is 1.93 bits per heavy atom. The van der Waals surface area contributed by atoms with Crippen LogP contribution in [0.3, 0.4) is 0 Å². The Bertz CT molecular complexity index is 359. The first kappa shape index (κ1) is 16.7. The third-order valence-electron chi connectivity index (χ3n) is 1.56. The van der Waals surface area contributed by atoms with Gasteiger partial charge in [0.25, 0.3) is 0 Å². The van der Waals surface area contributed by atoms with Crippen LogP contribution in [0.25, 0.3) is 4.72 Å². The van der Waals surface area contributed by atoms with E-state index in [9.17, 15) is 8.42 Å². The molecule has 1 radical (unpaired) electrons. The van der Waals surface area contributed by atoms with Gasteiger partial charge in [0.1, 0.15) is 10.0 Å². The zero-order chi connectivity index (χ0) is 9.19. The van der Waals surface area contributed by atoms with Crippen LogP contribution in [0.2, 0.25) is 0 Å². The van der Waals surface area contributed by atoms with E-state index in [1.165, 1.54) is 7.05 Å². The minimum atomic E-state index is -3.39. The molecule has 0 spiro atoms.